The minimum Gasteiger partial charge on any atom is -0.492 e. The first-order valence-corrected chi connectivity index (χ1v) is 17.0. The second-order valence-corrected chi connectivity index (χ2v) is 18.6. The fourth-order valence-electron chi connectivity index (χ4n) is 4.33. The van der Waals surface area contributed by atoms with Crippen LogP contribution in [0.15, 0.2) is 107 Å². The smallest absolute Gasteiger partial charge is 0.206 e. The van der Waals surface area contributed by atoms with Gasteiger partial charge in [-0.1, -0.05) is 116 Å². The third-order valence-electron chi connectivity index (χ3n) is 6.93. The summed E-state index contributed by atoms with van der Waals surface area (Å²) in [6, 6.07) is 30.0. The first-order valence-electron chi connectivity index (χ1n) is 13.0. The van der Waals surface area contributed by atoms with Crippen LogP contribution in [0.25, 0.3) is 0 Å². The zero-order valence-corrected chi connectivity index (χ0v) is 28.5. The van der Waals surface area contributed by atoms with Gasteiger partial charge in [0.15, 0.2) is 0 Å². The van der Waals surface area contributed by atoms with Crippen LogP contribution < -0.4 is 9.47 Å². The average molecular weight is 781 g/mol. The maximum Gasteiger partial charge on any atom is 0.206 e. The lowest BCUT2D eigenvalue weighted by atomic mass is 9.78. The summed E-state index contributed by atoms with van der Waals surface area (Å²) in [6.07, 6.45) is 0. The van der Waals surface area contributed by atoms with E-state index in [-0.39, 0.29) is 20.6 Å². The average Bonchev–Trinajstić information content (AvgIpc) is 2.92. The summed E-state index contributed by atoms with van der Waals surface area (Å²) in [5, 5.41) is 0. The molecule has 0 spiro atoms. The molecule has 0 saturated heterocycles. The van der Waals surface area contributed by atoms with Crippen LogP contribution in [0.1, 0.15) is 51.3 Å². The van der Waals surface area contributed by atoms with Crippen LogP contribution in [-0.4, -0.2) is 17.0 Å². The number of benzene rings is 4. The molecule has 4 rings (SSSR count). The van der Waals surface area contributed by atoms with Crippen molar-refractivity contribution in [3.8, 4) is 17.2 Å². The van der Waals surface area contributed by atoms with E-state index >= 15 is 0 Å². The molecule has 210 valence electrons. The van der Waals surface area contributed by atoms with E-state index in [1.165, 1.54) is 5.56 Å². The number of rotatable bonds is 9. The number of hydrogen-bond acceptors (Lipinski definition) is 4. The molecule has 0 atom stereocenters. The predicted molar refractivity (Wildman–Crippen MR) is 179 cm³/mol. The van der Waals surface area contributed by atoms with E-state index < -0.39 is 9.84 Å². The topological polar surface area (TPSA) is 52.6 Å². The van der Waals surface area contributed by atoms with E-state index in [1.54, 1.807) is 36.4 Å². The Morgan fingerprint density at radius 2 is 0.975 bits per heavy atom. The zero-order chi connectivity index (χ0) is 29.1. The Balaban J connectivity index is 1.43. The molecule has 0 fully saturated rings. The van der Waals surface area contributed by atoms with Crippen LogP contribution >= 0.6 is 45.2 Å². The van der Waals surface area contributed by atoms with Gasteiger partial charge >= 0.3 is 0 Å². The Morgan fingerprint density at radius 1 is 0.600 bits per heavy atom. The number of hydrogen-bond donors (Lipinski definition) is 0. The Kier molecular flexibility index (Phi) is 9.56. The summed E-state index contributed by atoms with van der Waals surface area (Å²) in [4.78, 5) is 0.518. The normalized spacial score (nSPS) is 12.4. The monoisotopic (exact) mass is 780 g/mol. The SMILES string of the molecule is CC(C)(C)c1ccc(S(=O)(=O)c2ccc(Oc3ccc(C(C)(C)c4ccc(OCC(I)I)cc4)cc3)cc2)cc1. The van der Waals surface area contributed by atoms with Gasteiger partial charge in [-0.3, -0.25) is 0 Å². The molecule has 0 unspecified atom stereocenters. The van der Waals surface area contributed by atoms with Crippen molar-refractivity contribution >= 4 is 55.0 Å². The summed E-state index contributed by atoms with van der Waals surface area (Å²) in [7, 11) is -3.61. The van der Waals surface area contributed by atoms with Gasteiger partial charge < -0.3 is 9.47 Å². The van der Waals surface area contributed by atoms with E-state index in [0.29, 0.717) is 20.0 Å². The zero-order valence-electron chi connectivity index (χ0n) is 23.3. The van der Waals surface area contributed by atoms with Crippen molar-refractivity contribution in [3.05, 3.63) is 114 Å². The summed E-state index contributed by atoms with van der Waals surface area (Å²) >= 11 is 4.68. The molecule has 0 N–H and O–H groups in total. The lowest BCUT2D eigenvalue weighted by Crippen LogP contribution is -2.18. The summed E-state index contributed by atoms with van der Waals surface area (Å²) < 4.78 is 38.5. The van der Waals surface area contributed by atoms with Crippen LogP contribution in [0.3, 0.4) is 0 Å². The predicted octanol–water partition coefficient (Wildman–Crippen LogP) is 9.51. The highest BCUT2D eigenvalue weighted by Crippen LogP contribution is 2.34. The lowest BCUT2D eigenvalue weighted by molar-refractivity contribution is 0.343. The molecule has 40 heavy (non-hydrogen) atoms. The van der Waals surface area contributed by atoms with Gasteiger partial charge in [-0.25, -0.2) is 8.42 Å². The number of alkyl halides is 2. The fourth-order valence-corrected chi connectivity index (χ4v) is 5.95. The highest BCUT2D eigenvalue weighted by molar-refractivity contribution is 14.2. The van der Waals surface area contributed by atoms with Gasteiger partial charge in [0.05, 0.1) is 11.7 Å². The Hall–Kier alpha value is -2.11. The van der Waals surface area contributed by atoms with Crippen LogP contribution in [0.5, 0.6) is 17.2 Å². The summed E-state index contributed by atoms with van der Waals surface area (Å²) in [5.41, 5.74) is 3.20. The van der Waals surface area contributed by atoms with Gasteiger partial charge in [0, 0.05) is 5.41 Å². The number of ether oxygens (including phenoxy) is 2. The van der Waals surface area contributed by atoms with Gasteiger partial charge in [0.25, 0.3) is 0 Å². The highest BCUT2D eigenvalue weighted by atomic mass is 127. The molecular formula is C33H34I2O4S. The number of halogens is 2. The van der Waals surface area contributed by atoms with Gasteiger partial charge in [-0.2, -0.15) is 0 Å². The largest absolute Gasteiger partial charge is 0.492 e. The van der Waals surface area contributed by atoms with Crippen molar-refractivity contribution in [3.63, 3.8) is 0 Å². The molecule has 0 radical (unpaired) electrons. The molecular weight excluding hydrogens is 746 g/mol. The maximum atomic E-state index is 13.1. The highest BCUT2D eigenvalue weighted by Gasteiger charge is 2.24. The molecule has 7 heteroatoms. The standard InChI is InChI=1S/C33H34I2O4S/c1-32(2,3)23-10-18-29(19-11-23)40(36,37)30-20-16-28(17-21-30)39-27-14-8-25(9-15-27)33(4,5)24-6-12-26(13-7-24)38-22-31(34)35/h6-21,31H,22H2,1-5H3. The van der Waals surface area contributed by atoms with E-state index in [0.717, 1.165) is 16.9 Å². The van der Waals surface area contributed by atoms with Crippen molar-refractivity contribution in [1.29, 1.82) is 0 Å². The number of sulfone groups is 1. The molecule has 0 bridgehead atoms. The Labute approximate surface area is 265 Å². The molecule has 0 aliphatic carbocycles. The second-order valence-electron chi connectivity index (χ2n) is 11.2. The van der Waals surface area contributed by atoms with Crippen molar-refractivity contribution in [2.45, 2.75) is 57.2 Å². The maximum absolute atomic E-state index is 13.1. The van der Waals surface area contributed by atoms with Gasteiger partial charge in [-0.05, 0) is 82.8 Å². The van der Waals surface area contributed by atoms with Crippen LogP contribution in [-0.2, 0) is 20.7 Å². The van der Waals surface area contributed by atoms with Crippen LogP contribution in [0.2, 0.25) is 0 Å². The summed E-state index contributed by atoms with van der Waals surface area (Å²) in [6.45, 7) is 11.4. The molecule has 4 aromatic rings. The van der Waals surface area contributed by atoms with Crippen molar-refractivity contribution < 1.29 is 17.9 Å². The molecule has 0 amide bonds. The minimum atomic E-state index is -3.61. The molecule has 4 nitrogen and oxygen atoms in total. The first-order chi connectivity index (χ1) is 18.8. The van der Waals surface area contributed by atoms with Crippen molar-refractivity contribution in [2.24, 2.45) is 0 Å². The molecule has 0 saturated carbocycles. The molecule has 0 aromatic heterocycles. The first kappa shape index (κ1) is 30.8. The second kappa shape index (κ2) is 12.4. The van der Waals surface area contributed by atoms with E-state index in [9.17, 15) is 8.42 Å². The molecule has 0 heterocycles. The van der Waals surface area contributed by atoms with Crippen molar-refractivity contribution in [2.75, 3.05) is 6.61 Å². The third kappa shape index (κ3) is 7.39. The van der Waals surface area contributed by atoms with Crippen molar-refractivity contribution in [1.82, 2.24) is 0 Å². The molecule has 0 aliphatic heterocycles. The van der Waals surface area contributed by atoms with Gasteiger partial charge in [0.2, 0.25) is 9.84 Å². The van der Waals surface area contributed by atoms with E-state index in [1.807, 2.05) is 36.4 Å². The van der Waals surface area contributed by atoms with Gasteiger partial charge in [0.1, 0.15) is 23.9 Å². The van der Waals surface area contributed by atoms with E-state index in [4.69, 9.17) is 9.47 Å². The Morgan fingerprint density at radius 3 is 1.40 bits per heavy atom. The minimum absolute atomic E-state index is 0.0389. The van der Waals surface area contributed by atoms with Crippen LogP contribution in [0, 0.1) is 0 Å². The van der Waals surface area contributed by atoms with E-state index in [2.05, 4.69) is 104 Å². The van der Waals surface area contributed by atoms with Gasteiger partial charge in [-0.15, -0.1) is 0 Å². The molecule has 0 aliphatic rings. The lowest BCUT2D eigenvalue weighted by Gasteiger charge is -2.26. The Bertz CT molecular complexity index is 1520. The quantitative estimate of drug-likeness (QED) is 0.126. The van der Waals surface area contributed by atoms with Crippen LogP contribution in [0.4, 0.5) is 0 Å². The third-order valence-corrected chi connectivity index (χ3v) is 9.43. The summed E-state index contributed by atoms with van der Waals surface area (Å²) in [5.74, 6) is 2.13. The molecule has 4 aromatic carbocycles. The fraction of sp³-hybridized carbons (Fsp3) is 0.273.